The summed E-state index contributed by atoms with van der Waals surface area (Å²) in [4.78, 5) is 13.2. The van der Waals surface area contributed by atoms with E-state index in [4.69, 9.17) is 23.2 Å². The molecule has 32 heavy (non-hydrogen) atoms. The van der Waals surface area contributed by atoms with Crippen LogP contribution in [0.1, 0.15) is 44.9 Å². The van der Waals surface area contributed by atoms with Gasteiger partial charge in [0.1, 0.15) is 0 Å². The first-order valence-electron chi connectivity index (χ1n) is 10.7. The predicted molar refractivity (Wildman–Crippen MR) is 130 cm³/mol. The van der Waals surface area contributed by atoms with Crippen molar-refractivity contribution in [1.82, 2.24) is 4.57 Å². The second-order valence-corrected chi connectivity index (χ2v) is 10.5. The number of amides is 1. The van der Waals surface area contributed by atoms with Gasteiger partial charge in [0.2, 0.25) is 5.91 Å². The normalized spacial score (nSPS) is 16.2. The number of carbonyl (C=O) groups is 1. The number of hydrogen-bond donors (Lipinski definition) is 3. The first-order chi connectivity index (χ1) is 15.0. The largest absolute Gasteiger partial charge is 0.394 e. The van der Waals surface area contributed by atoms with Crippen molar-refractivity contribution in [3.05, 3.63) is 63.8 Å². The van der Waals surface area contributed by atoms with E-state index in [1.54, 1.807) is 12.1 Å². The van der Waals surface area contributed by atoms with E-state index in [0.717, 1.165) is 35.0 Å². The Bertz CT molecular complexity index is 1180. The molecule has 0 radical (unpaired) electrons. The van der Waals surface area contributed by atoms with Crippen molar-refractivity contribution in [2.75, 3.05) is 11.9 Å². The van der Waals surface area contributed by atoms with Crippen LogP contribution in [-0.2, 0) is 22.2 Å². The molecule has 1 atom stereocenters. The fourth-order valence-electron chi connectivity index (χ4n) is 4.25. The highest BCUT2D eigenvalue weighted by molar-refractivity contribution is 6.42. The van der Waals surface area contributed by atoms with Crippen LogP contribution in [0.5, 0.6) is 0 Å². The SMILES string of the molecule is CC(C)(C)c1cc2cc(NC(=O)C3(c4ccc(Cl)c(Cl)c4)CC3)ccc2n1C[C@H](O)CO. The van der Waals surface area contributed by atoms with Crippen LogP contribution in [0, 0.1) is 0 Å². The molecule has 5 nitrogen and oxygen atoms in total. The number of fused-ring (bicyclic) bond motifs is 1. The Labute approximate surface area is 198 Å². The number of hydrogen-bond acceptors (Lipinski definition) is 3. The number of aromatic nitrogens is 1. The molecule has 7 heteroatoms. The van der Waals surface area contributed by atoms with Gasteiger partial charge in [-0.3, -0.25) is 4.79 Å². The summed E-state index contributed by atoms with van der Waals surface area (Å²) in [5.41, 5.74) is 2.88. The third-order valence-electron chi connectivity index (χ3n) is 6.19. The van der Waals surface area contributed by atoms with E-state index < -0.39 is 11.5 Å². The van der Waals surface area contributed by atoms with E-state index in [0.29, 0.717) is 22.3 Å². The molecular weight excluding hydrogens is 447 g/mol. The van der Waals surface area contributed by atoms with Crippen LogP contribution in [0.4, 0.5) is 5.69 Å². The summed E-state index contributed by atoms with van der Waals surface area (Å²) in [6.07, 6.45) is 0.692. The van der Waals surface area contributed by atoms with Crippen LogP contribution in [-0.4, -0.2) is 33.4 Å². The fourth-order valence-corrected chi connectivity index (χ4v) is 4.55. The standard InChI is InChI=1S/C25H28Cl2N2O3/c1-24(2,3)22-11-15-10-17(5-7-21(15)29(22)13-18(31)14-30)28-23(32)25(8-9-25)16-4-6-19(26)20(27)12-16/h4-7,10-12,18,30-31H,8-9,13-14H2,1-3H3,(H,28,32)/t18-/m0/s1. The maximum Gasteiger partial charge on any atom is 0.235 e. The minimum atomic E-state index is -0.841. The Hall–Kier alpha value is -2.05. The maximum absolute atomic E-state index is 13.2. The van der Waals surface area contributed by atoms with Crippen LogP contribution in [0.25, 0.3) is 10.9 Å². The number of nitrogens with zero attached hydrogens (tertiary/aromatic N) is 1. The Kier molecular flexibility index (Phi) is 6.05. The lowest BCUT2D eigenvalue weighted by atomic mass is 9.92. The van der Waals surface area contributed by atoms with Crippen LogP contribution in [0.3, 0.4) is 0 Å². The fraction of sp³-hybridized carbons (Fsp3) is 0.400. The summed E-state index contributed by atoms with van der Waals surface area (Å²) in [5, 5.41) is 24.3. The number of aliphatic hydroxyl groups excluding tert-OH is 2. The highest BCUT2D eigenvalue weighted by atomic mass is 35.5. The lowest BCUT2D eigenvalue weighted by Crippen LogP contribution is -2.27. The van der Waals surface area contributed by atoms with E-state index in [2.05, 4.69) is 32.2 Å². The molecule has 0 unspecified atom stereocenters. The topological polar surface area (TPSA) is 74.5 Å². The maximum atomic E-state index is 13.2. The van der Waals surface area contributed by atoms with Crippen molar-refractivity contribution < 1.29 is 15.0 Å². The van der Waals surface area contributed by atoms with Gasteiger partial charge >= 0.3 is 0 Å². The van der Waals surface area contributed by atoms with Gasteiger partial charge in [-0.05, 0) is 54.8 Å². The summed E-state index contributed by atoms with van der Waals surface area (Å²) in [6, 6.07) is 13.2. The van der Waals surface area contributed by atoms with Crippen LogP contribution < -0.4 is 5.32 Å². The zero-order chi connectivity index (χ0) is 23.3. The average molecular weight is 475 g/mol. The molecule has 0 aliphatic heterocycles. The minimum Gasteiger partial charge on any atom is -0.394 e. The second kappa shape index (κ2) is 8.38. The van der Waals surface area contributed by atoms with Crippen molar-refractivity contribution in [3.8, 4) is 0 Å². The van der Waals surface area contributed by atoms with Gasteiger partial charge in [-0.1, -0.05) is 50.0 Å². The predicted octanol–water partition coefficient (Wildman–Crippen LogP) is 5.27. The van der Waals surface area contributed by atoms with Crippen LogP contribution in [0.15, 0.2) is 42.5 Å². The number of carbonyl (C=O) groups excluding carboxylic acids is 1. The molecular formula is C25H28Cl2N2O3. The first kappa shape index (κ1) is 23.1. The molecule has 0 spiro atoms. The number of halogens is 2. The van der Waals surface area contributed by atoms with E-state index in [9.17, 15) is 15.0 Å². The second-order valence-electron chi connectivity index (χ2n) is 9.67. The molecule has 170 valence electrons. The summed E-state index contributed by atoms with van der Waals surface area (Å²) < 4.78 is 2.04. The first-order valence-corrected chi connectivity index (χ1v) is 11.5. The number of nitrogens with one attached hydrogen (secondary N) is 1. The summed E-state index contributed by atoms with van der Waals surface area (Å²) in [6.45, 7) is 6.34. The zero-order valence-electron chi connectivity index (χ0n) is 18.5. The van der Waals surface area contributed by atoms with Crippen LogP contribution in [0.2, 0.25) is 10.0 Å². The molecule has 1 amide bonds. The molecule has 0 bridgehead atoms. The molecule has 1 fully saturated rings. The van der Waals surface area contributed by atoms with Gasteiger partial charge in [-0.2, -0.15) is 0 Å². The van der Waals surface area contributed by atoms with Crippen molar-refractivity contribution in [2.45, 2.75) is 57.1 Å². The summed E-state index contributed by atoms with van der Waals surface area (Å²) in [7, 11) is 0. The van der Waals surface area contributed by atoms with Gasteiger partial charge in [0.25, 0.3) is 0 Å². The third-order valence-corrected chi connectivity index (χ3v) is 6.93. The highest BCUT2D eigenvalue weighted by Crippen LogP contribution is 2.50. The molecule has 0 saturated heterocycles. The monoisotopic (exact) mass is 474 g/mol. The molecule has 3 aromatic rings. The number of aliphatic hydroxyl groups is 2. The van der Waals surface area contributed by atoms with Gasteiger partial charge in [0.15, 0.2) is 0 Å². The van der Waals surface area contributed by atoms with Gasteiger partial charge < -0.3 is 20.1 Å². The molecule has 1 aromatic heterocycles. The Morgan fingerprint density at radius 2 is 1.84 bits per heavy atom. The van der Waals surface area contributed by atoms with Crippen LogP contribution >= 0.6 is 23.2 Å². The van der Waals surface area contributed by atoms with Gasteiger partial charge in [-0.25, -0.2) is 0 Å². The number of benzene rings is 2. The lowest BCUT2D eigenvalue weighted by molar-refractivity contribution is -0.118. The van der Waals surface area contributed by atoms with Crippen molar-refractivity contribution in [1.29, 1.82) is 0 Å². The van der Waals surface area contributed by atoms with E-state index in [1.165, 1.54) is 0 Å². The lowest BCUT2D eigenvalue weighted by Gasteiger charge is -2.23. The molecule has 4 rings (SSSR count). The van der Waals surface area contributed by atoms with Crippen molar-refractivity contribution in [2.24, 2.45) is 0 Å². The van der Waals surface area contributed by atoms with E-state index in [-0.39, 0.29) is 17.9 Å². The molecule has 1 heterocycles. The number of anilines is 1. The van der Waals surface area contributed by atoms with Gasteiger partial charge in [0.05, 0.1) is 34.7 Å². The molecule has 1 saturated carbocycles. The Morgan fingerprint density at radius 3 is 2.44 bits per heavy atom. The molecule has 3 N–H and O–H groups in total. The third kappa shape index (κ3) is 4.27. The van der Waals surface area contributed by atoms with Gasteiger partial charge in [-0.15, -0.1) is 0 Å². The minimum absolute atomic E-state index is 0.0542. The quantitative estimate of drug-likeness (QED) is 0.455. The average Bonchev–Trinajstić information content (AvgIpc) is 3.47. The summed E-state index contributed by atoms with van der Waals surface area (Å²) in [5.74, 6) is -0.0542. The molecule has 1 aliphatic carbocycles. The van der Waals surface area contributed by atoms with Gasteiger partial charge in [0, 0.05) is 27.7 Å². The number of rotatable bonds is 6. The summed E-state index contributed by atoms with van der Waals surface area (Å²) >= 11 is 12.2. The smallest absolute Gasteiger partial charge is 0.235 e. The molecule has 1 aliphatic rings. The molecule has 2 aromatic carbocycles. The zero-order valence-corrected chi connectivity index (χ0v) is 20.0. The van der Waals surface area contributed by atoms with E-state index >= 15 is 0 Å². The van der Waals surface area contributed by atoms with Crippen molar-refractivity contribution in [3.63, 3.8) is 0 Å². The van der Waals surface area contributed by atoms with Crippen molar-refractivity contribution >= 4 is 45.7 Å². The Morgan fingerprint density at radius 1 is 1.12 bits per heavy atom. The Balaban J connectivity index is 1.64. The highest BCUT2D eigenvalue weighted by Gasteiger charge is 2.51. The van der Waals surface area contributed by atoms with E-state index in [1.807, 2.05) is 28.8 Å².